The van der Waals surface area contributed by atoms with Gasteiger partial charge in [0.1, 0.15) is 22.3 Å². The summed E-state index contributed by atoms with van der Waals surface area (Å²) in [5, 5.41) is 9.37. The van der Waals surface area contributed by atoms with Gasteiger partial charge in [0.25, 0.3) is 0 Å². The molecule has 0 aliphatic heterocycles. The summed E-state index contributed by atoms with van der Waals surface area (Å²) in [4.78, 5) is 15.6. The van der Waals surface area contributed by atoms with Crippen molar-refractivity contribution in [3.8, 4) is 45.3 Å². The van der Waals surface area contributed by atoms with E-state index in [0.717, 1.165) is 71.7 Å². The molecule has 3 aromatic heterocycles. The Hall–Kier alpha value is -8.19. The molecule has 0 fully saturated rings. The van der Waals surface area contributed by atoms with E-state index in [1.807, 2.05) is 54.6 Å². The number of rotatable bonds is 8. The predicted molar refractivity (Wildman–Crippen MR) is 260 cm³/mol. The number of hydrogen-bond acceptors (Lipinski definition) is 5. The molecule has 296 valence electrons. The topological polar surface area (TPSA) is 65.0 Å². The molecule has 0 spiro atoms. The van der Waals surface area contributed by atoms with Gasteiger partial charge in [-0.15, -0.1) is 0 Å². The van der Waals surface area contributed by atoms with Crippen molar-refractivity contribution >= 4 is 72.7 Å². The first-order valence-corrected chi connectivity index (χ1v) is 23.2. The van der Waals surface area contributed by atoms with Gasteiger partial charge in [0.15, 0.2) is 25.5 Å². The SMILES string of the molecule is c1ccc(-c2nc(-c3cccc([Si](c4ccccc4)(c4ccccc4)c4ccccc4)c3)nc(-c3ccc4c(c3)oc3c(-c5cccc6oc7ccccc7c56)cccc34)n2)cc1. The van der Waals surface area contributed by atoms with Crippen molar-refractivity contribution in [1.82, 2.24) is 15.0 Å². The lowest BCUT2D eigenvalue weighted by Crippen LogP contribution is -2.74. The summed E-state index contributed by atoms with van der Waals surface area (Å²) < 4.78 is 13.1. The molecule has 0 saturated carbocycles. The molecule has 0 bridgehead atoms. The molecule has 9 aromatic carbocycles. The van der Waals surface area contributed by atoms with Crippen LogP contribution in [0.3, 0.4) is 0 Å². The molecule has 0 saturated heterocycles. The van der Waals surface area contributed by atoms with E-state index in [0.29, 0.717) is 17.5 Å². The van der Waals surface area contributed by atoms with Gasteiger partial charge in [-0.1, -0.05) is 200 Å². The van der Waals surface area contributed by atoms with Crippen LogP contribution in [0.4, 0.5) is 0 Å². The van der Waals surface area contributed by atoms with Crippen molar-refractivity contribution in [3.05, 3.63) is 224 Å². The fourth-order valence-electron chi connectivity index (χ4n) is 9.46. The van der Waals surface area contributed by atoms with Crippen molar-refractivity contribution in [2.75, 3.05) is 0 Å². The number of para-hydroxylation sites is 2. The Labute approximate surface area is 364 Å². The van der Waals surface area contributed by atoms with E-state index < -0.39 is 8.07 Å². The van der Waals surface area contributed by atoms with Crippen LogP contribution < -0.4 is 20.7 Å². The predicted octanol–water partition coefficient (Wildman–Crippen LogP) is 11.7. The van der Waals surface area contributed by atoms with Gasteiger partial charge in [0.2, 0.25) is 0 Å². The van der Waals surface area contributed by atoms with E-state index >= 15 is 0 Å². The van der Waals surface area contributed by atoms with Gasteiger partial charge in [0, 0.05) is 43.8 Å². The van der Waals surface area contributed by atoms with Crippen molar-refractivity contribution in [2.45, 2.75) is 0 Å². The summed E-state index contributed by atoms with van der Waals surface area (Å²) in [6.07, 6.45) is 0. The smallest absolute Gasteiger partial charge is 0.179 e. The molecular weight excluding hydrogens is 787 g/mol. The molecule has 0 amide bonds. The minimum absolute atomic E-state index is 0.569. The zero-order valence-corrected chi connectivity index (χ0v) is 35.0. The Morgan fingerprint density at radius 3 is 1.48 bits per heavy atom. The molecule has 3 heterocycles. The Morgan fingerprint density at radius 2 is 0.794 bits per heavy atom. The third kappa shape index (κ3) is 6.10. The van der Waals surface area contributed by atoms with Gasteiger partial charge in [0.05, 0.1) is 0 Å². The van der Waals surface area contributed by atoms with Crippen molar-refractivity contribution in [2.24, 2.45) is 0 Å². The lowest BCUT2D eigenvalue weighted by atomic mass is 9.97. The number of aromatic nitrogens is 3. The fourth-order valence-corrected chi connectivity index (χ4v) is 14.3. The molecule has 0 radical (unpaired) electrons. The highest BCUT2D eigenvalue weighted by molar-refractivity contribution is 7.19. The third-order valence-electron chi connectivity index (χ3n) is 12.3. The zero-order chi connectivity index (χ0) is 41.7. The molecular formula is C57H37N3O2Si. The second-order valence-electron chi connectivity index (χ2n) is 15.9. The number of nitrogens with zero attached hydrogens (tertiary/aromatic N) is 3. The maximum atomic E-state index is 6.85. The van der Waals surface area contributed by atoms with Crippen molar-refractivity contribution in [3.63, 3.8) is 0 Å². The van der Waals surface area contributed by atoms with Gasteiger partial charge in [-0.2, -0.15) is 0 Å². The first-order valence-electron chi connectivity index (χ1n) is 21.2. The second-order valence-corrected chi connectivity index (χ2v) is 19.7. The Balaban J connectivity index is 1.03. The molecule has 0 atom stereocenters. The van der Waals surface area contributed by atoms with Gasteiger partial charge >= 0.3 is 0 Å². The van der Waals surface area contributed by atoms with Crippen LogP contribution in [0.1, 0.15) is 0 Å². The molecule has 0 aliphatic rings. The number of furan rings is 2. The summed E-state index contributed by atoms with van der Waals surface area (Å²) in [6.45, 7) is 0. The van der Waals surface area contributed by atoms with E-state index in [1.54, 1.807) is 0 Å². The highest BCUT2D eigenvalue weighted by Gasteiger charge is 2.41. The van der Waals surface area contributed by atoms with Crippen molar-refractivity contribution < 1.29 is 8.83 Å². The van der Waals surface area contributed by atoms with Crippen LogP contribution in [-0.2, 0) is 0 Å². The minimum atomic E-state index is -2.81. The largest absolute Gasteiger partial charge is 0.456 e. The molecule has 5 nitrogen and oxygen atoms in total. The Bertz CT molecular complexity index is 3530. The van der Waals surface area contributed by atoms with E-state index in [-0.39, 0.29) is 0 Å². The van der Waals surface area contributed by atoms with Gasteiger partial charge in [-0.25, -0.2) is 15.0 Å². The van der Waals surface area contributed by atoms with Crippen LogP contribution in [0, 0.1) is 0 Å². The molecule has 12 rings (SSSR count). The number of fused-ring (bicyclic) bond motifs is 6. The van der Waals surface area contributed by atoms with Crippen LogP contribution in [0.15, 0.2) is 233 Å². The van der Waals surface area contributed by atoms with Gasteiger partial charge in [-0.05, 0) is 50.6 Å². The monoisotopic (exact) mass is 823 g/mol. The summed E-state index contributed by atoms with van der Waals surface area (Å²) in [5.41, 5.74) is 8.04. The lowest BCUT2D eigenvalue weighted by Gasteiger charge is -2.34. The van der Waals surface area contributed by atoms with Crippen LogP contribution >= 0.6 is 0 Å². The van der Waals surface area contributed by atoms with E-state index in [4.69, 9.17) is 23.8 Å². The summed E-state index contributed by atoms with van der Waals surface area (Å²) in [7, 11) is -2.81. The first-order chi connectivity index (χ1) is 31.2. The fraction of sp³-hybridized carbons (Fsp3) is 0. The third-order valence-corrected chi connectivity index (χ3v) is 17.1. The second kappa shape index (κ2) is 15.1. The number of benzene rings is 9. The molecule has 6 heteroatoms. The average molecular weight is 824 g/mol. The summed E-state index contributed by atoms with van der Waals surface area (Å²) in [6, 6.07) is 78.9. The van der Waals surface area contributed by atoms with Crippen LogP contribution in [0.25, 0.3) is 89.2 Å². The molecule has 63 heavy (non-hydrogen) atoms. The van der Waals surface area contributed by atoms with Gasteiger partial charge in [-0.3, -0.25) is 0 Å². The highest BCUT2D eigenvalue weighted by atomic mass is 28.3. The molecule has 12 aromatic rings. The first kappa shape index (κ1) is 36.6. The van der Waals surface area contributed by atoms with E-state index in [9.17, 15) is 0 Å². The normalized spacial score (nSPS) is 11.8. The Kier molecular flexibility index (Phi) is 8.76. The maximum absolute atomic E-state index is 6.85. The molecule has 0 N–H and O–H groups in total. The average Bonchev–Trinajstić information content (AvgIpc) is 3.94. The summed E-state index contributed by atoms with van der Waals surface area (Å²) >= 11 is 0. The quantitative estimate of drug-likeness (QED) is 0.113. The lowest BCUT2D eigenvalue weighted by molar-refractivity contribution is 0.668. The van der Waals surface area contributed by atoms with Crippen LogP contribution in [0.5, 0.6) is 0 Å². The van der Waals surface area contributed by atoms with Crippen LogP contribution in [-0.4, -0.2) is 23.0 Å². The highest BCUT2D eigenvalue weighted by Crippen LogP contribution is 2.42. The van der Waals surface area contributed by atoms with E-state index in [2.05, 4.69) is 170 Å². The van der Waals surface area contributed by atoms with Crippen molar-refractivity contribution in [1.29, 1.82) is 0 Å². The molecule has 0 unspecified atom stereocenters. The molecule has 0 aliphatic carbocycles. The Morgan fingerprint density at radius 1 is 0.302 bits per heavy atom. The van der Waals surface area contributed by atoms with Gasteiger partial charge < -0.3 is 8.83 Å². The van der Waals surface area contributed by atoms with E-state index in [1.165, 1.54) is 20.7 Å². The number of hydrogen-bond donors (Lipinski definition) is 0. The zero-order valence-electron chi connectivity index (χ0n) is 34.0. The standard InChI is InChI=1S/C57H37N3O2Si/c1-5-18-38(19-6-1)55-58-56(39-20-15-27-44(36-39)63(41-21-7-2-8-22-41,42-23-9-3-10-24-42)43-25-11-4-12-26-43)60-57(59-55)40-34-35-45-47-30-16-31-48(54(47)62-52(45)37-40)46-29-17-33-51-53(46)49-28-13-14-32-50(49)61-51/h1-37H. The maximum Gasteiger partial charge on any atom is 0.179 e. The summed E-state index contributed by atoms with van der Waals surface area (Å²) in [5.74, 6) is 1.77. The minimum Gasteiger partial charge on any atom is -0.456 e. The van der Waals surface area contributed by atoms with Crippen LogP contribution in [0.2, 0.25) is 0 Å².